The maximum atomic E-state index is 13.0. The highest BCUT2D eigenvalue weighted by Crippen LogP contribution is 2.31. The molecule has 1 N–H and O–H groups in total. The lowest BCUT2D eigenvalue weighted by Crippen LogP contribution is -2.23. The fourth-order valence-corrected chi connectivity index (χ4v) is 2.09. The van der Waals surface area contributed by atoms with E-state index in [-0.39, 0.29) is 12.2 Å². The Hall–Kier alpha value is -2.28. The molecule has 0 radical (unpaired) electrons. The molecule has 0 saturated carbocycles. The fourth-order valence-electron chi connectivity index (χ4n) is 1.97. The molecule has 8 heteroatoms. The molecule has 0 amide bonds. The zero-order valence-electron chi connectivity index (χ0n) is 11.8. The maximum absolute atomic E-state index is 13.0. The molecule has 4 nitrogen and oxygen atoms in total. The van der Waals surface area contributed by atoms with Gasteiger partial charge in [-0.15, -0.1) is 0 Å². The van der Waals surface area contributed by atoms with E-state index >= 15 is 0 Å². The number of ether oxygens (including phenoxy) is 1. The number of nitrogens with one attached hydrogen (secondary N) is 1. The molecule has 2 rings (SSSR count). The van der Waals surface area contributed by atoms with Crippen molar-refractivity contribution in [2.75, 3.05) is 6.61 Å². The van der Waals surface area contributed by atoms with Crippen molar-refractivity contribution in [3.05, 3.63) is 57.0 Å². The number of carbonyl (C=O) groups excluding carboxylic acids is 1. The molecule has 0 spiro atoms. The summed E-state index contributed by atoms with van der Waals surface area (Å²) in [6.07, 6.45) is -4.89. The minimum Gasteiger partial charge on any atom is -0.462 e. The van der Waals surface area contributed by atoms with Crippen LogP contribution < -0.4 is 5.56 Å². The van der Waals surface area contributed by atoms with Crippen molar-refractivity contribution in [1.29, 1.82) is 0 Å². The van der Waals surface area contributed by atoms with Gasteiger partial charge in [0.25, 0.3) is 5.56 Å². The summed E-state index contributed by atoms with van der Waals surface area (Å²) in [6.45, 7) is 1.38. The maximum Gasteiger partial charge on any atom is 0.432 e. The van der Waals surface area contributed by atoms with Crippen LogP contribution in [0.1, 0.15) is 23.0 Å². The number of carbonyl (C=O) groups is 1. The largest absolute Gasteiger partial charge is 0.462 e. The van der Waals surface area contributed by atoms with Gasteiger partial charge in [0.2, 0.25) is 0 Å². The van der Waals surface area contributed by atoms with Crippen molar-refractivity contribution in [2.24, 2.45) is 0 Å². The Morgan fingerprint density at radius 2 is 1.87 bits per heavy atom. The number of pyridine rings is 1. The number of esters is 1. The molecule has 0 bridgehead atoms. The number of aromatic nitrogens is 1. The van der Waals surface area contributed by atoms with Crippen LogP contribution in [0, 0.1) is 0 Å². The van der Waals surface area contributed by atoms with Crippen LogP contribution in [-0.2, 0) is 10.9 Å². The van der Waals surface area contributed by atoms with Gasteiger partial charge in [-0.05, 0) is 30.7 Å². The number of rotatable bonds is 3. The lowest BCUT2D eigenvalue weighted by molar-refractivity contribution is -0.141. The van der Waals surface area contributed by atoms with Crippen LogP contribution in [0.3, 0.4) is 0 Å². The number of H-pyrrole nitrogens is 1. The number of hydrogen-bond acceptors (Lipinski definition) is 3. The molecular weight excluding hydrogens is 335 g/mol. The van der Waals surface area contributed by atoms with Gasteiger partial charge in [-0.3, -0.25) is 4.79 Å². The average molecular weight is 346 g/mol. The van der Waals surface area contributed by atoms with Gasteiger partial charge < -0.3 is 9.72 Å². The van der Waals surface area contributed by atoms with Crippen LogP contribution in [0.2, 0.25) is 5.02 Å². The van der Waals surface area contributed by atoms with E-state index in [4.69, 9.17) is 11.6 Å². The van der Waals surface area contributed by atoms with Crippen molar-refractivity contribution in [3.8, 4) is 11.1 Å². The quantitative estimate of drug-likeness (QED) is 0.858. The number of hydrogen-bond donors (Lipinski definition) is 1. The Balaban J connectivity index is 2.67. The van der Waals surface area contributed by atoms with Gasteiger partial charge in [0.15, 0.2) is 0 Å². The normalized spacial score (nSPS) is 11.3. The summed E-state index contributed by atoms with van der Waals surface area (Å²) >= 11 is 5.74. The number of halogens is 4. The van der Waals surface area contributed by atoms with Gasteiger partial charge >= 0.3 is 12.1 Å². The van der Waals surface area contributed by atoms with Gasteiger partial charge in [0, 0.05) is 10.6 Å². The molecule has 0 fully saturated rings. The van der Waals surface area contributed by atoms with Gasteiger partial charge in [0.05, 0.1) is 12.2 Å². The standard InChI is InChI=1S/C15H11ClF3NO3/c1-2-23-14(22)11-7-10(8-3-5-9(16)6-4-8)13(21)20-12(11)15(17,18)19/h3-7H,2H2,1H3,(H,20,21). The predicted molar refractivity (Wildman–Crippen MR) is 78.5 cm³/mol. The molecule has 0 aliphatic rings. The van der Waals surface area contributed by atoms with Crippen molar-refractivity contribution in [2.45, 2.75) is 13.1 Å². The highest BCUT2D eigenvalue weighted by atomic mass is 35.5. The Morgan fingerprint density at radius 3 is 2.39 bits per heavy atom. The van der Waals surface area contributed by atoms with Crippen LogP contribution in [0.25, 0.3) is 11.1 Å². The Bertz CT molecular complexity index is 782. The zero-order chi connectivity index (χ0) is 17.2. The first kappa shape index (κ1) is 17.1. The summed E-state index contributed by atoms with van der Waals surface area (Å²) in [5.41, 5.74) is -2.90. The lowest BCUT2D eigenvalue weighted by atomic mass is 10.0. The molecule has 0 atom stereocenters. The van der Waals surface area contributed by atoms with E-state index in [1.54, 1.807) is 4.98 Å². The second kappa shape index (κ2) is 6.45. The first-order chi connectivity index (χ1) is 10.7. The second-order valence-electron chi connectivity index (χ2n) is 4.53. The molecule has 2 aromatic rings. The molecule has 1 aromatic heterocycles. The molecule has 0 unspecified atom stereocenters. The van der Waals surface area contributed by atoms with E-state index in [9.17, 15) is 22.8 Å². The van der Waals surface area contributed by atoms with E-state index in [2.05, 4.69) is 4.74 Å². The van der Waals surface area contributed by atoms with Crippen LogP contribution >= 0.6 is 11.6 Å². The summed E-state index contributed by atoms with van der Waals surface area (Å²) in [6, 6.07) is 6.78. The van der Waals surface area contributed by atoms with Crippen molar-refractivity contribution < 1.29 is 22.7 Å². The minimum absolute atomic E-state index is 0.0854. The summed E-state index contributed by atoms with van der Waals surface area (Å²) in [5.74, 6) is -1.16. The smallest absolute Gasteiger partial charge is 0.432 e. The average Bonchev–Trinajstić information content (AvgIpc) is 2.47. The third-order valence-corrected chi connectivity index (χ3v) is 3.23. The van der Waals surface area contributed by atoms with Crippen LogP contribution in [0.5, 0.6) is 0 Å². The molecular formula is C15H11ClF3NO3. The van der Waals surface area contributed by atoms with Crippen LogP contribution in [0.4, 0.5) is 13.2 Å². The third kappa shape index (κ3) is 3.73. The first-order valence-corrected chi connectivity index (χ1v) is 6.89. The van der Waals surface area contributed by atoms with E-state index in [0.29, 0.717) is 10.6 Å². The molecule has 0 aliphatic carbocycles. The highest BCUT2D eigenvalue weighted by molar-refractivity contribution is 6.30. The monoisotopic (exact) mass is 345 g/mol. The summed E-state index contributed by atoms with van der Waals surface area (Å²) < 4.78 is 43.7. The third-order valence-electron chi connectivity index (χ3n) is 2.98. The topological polar surface area (TPSA) is 59.2 Å². The van der Waals surface area contributed by atoms with E-state index in [1.165, 1.54) is 31.2 Å². The summed E-state index contributed by atoms with van der Waals surface area (Å²) in [4.78, 5) is 25.5. The van der Waals surface area contributed by atoms with Gasteiger partial charge in [-0.2, -0.15) is 13.2 Å². The van der Waals surface area contributed by atoms with Gasteiger partial charge in [0.1, 0.15) is 5.69 Å². The molecule has 1 aromatic carbocycles. The van der Waals surface area contributed by atoms with Crippen LogP contribution in [-0.4, -0.2) is 17.6 Å². The summed E-state index contributed by atoms with van der Waals surface area (Å²) in [7, 11) is 0. The predicted octanol–water partition coefficient (Wildman–Crippen LogP) is 3.89. The first-order valence-electron chi connectivity index (χ1n) is 6.51. The number of aromatic amines is 1. The number of alkyl halides is 3. The number of benzene rings is 1. The Morgan fingerprint density at radius 1 is 1.26 bits per heavy atom. The molecule has 122 valence electrons. The fraction of sp³-hybridized carbons (Fsp3) is 0.200. The van der Waals surface area contributed by atoms with Gasteiger partial charge in [-0.1, -0.05) is 23.7 Å². The van der Waals surface area contributed by atoms with E-state index < -0.39 is 29.0 Å². The van der Waals surface area contributed by atoms with Crippen LogP contribution in [0.15, 0.2) is 35.1 Å². The lowest BCUT2D eigenvalue weighted by Gasteiger charge is -2.13. The molecule has 0 saturated heterocycles. The van der Waals surface area contributed by atoms with Crippen molar-refractivity contribution in [3.63, 3.8) is 0 Å². The SMILES string of the molecule is CCOC(=O)c1cc(-c2ccc(Cl)cc2)c(=O)[nH]c1C(F)(F)F. The Kier molecular flexibility index (Phi) is 4.79. The van der Waals surface area contributed by atoms with Gasteiger partial charge in [-0.25, -0.2) is 4.79 Å². The van der Waals surface area contributed by atoms with E-state index in [0.717, 1.165) is 6.07 Å². The van der Waals surface area contributed by atoms with E-state index in [1.807, 2.05) is 0 Å². The summed E-state index contributed by atoms with van der Waals surface area (Å²) in [5, 5.41) is 0.405. The Labute approximate surface area is 133 Å². The zero-order valence-corrected chi connectivity index (χ0v) is 12.6. The molecule has 0 aliphatic heterocycles. The molecule has 23 heavy (non-hydrogen) atoms. The minimum atomic E-state index is -4.89. The second-order valence-corrected chi connectivity index (χ2v) is 4.96. The molecule has 1 heterocycles. The highest BCUT2D eigenvalue weighted by Gasteiger charge is 2.37. The van der Waals surface area contributed by atoms with Crippen molar-refractivity contribution in [1.82, 2.24) is 4.98 Å². The van der Waals surface area contributed by atoms with Crippen molar-refractivity contribution >= 4 is 17.6 Å².